The van der Waals surface area contributed by atoms with Crippen molar-refractivity contribution in [3.63, 3.8) is 0 Å². The van der Waals surface area contributed by atoms with Gasteiger partial charge in [-0.15, -0.1) is 0 Å². The number of benzene rings is 1. The summed E-state index contributed by atoms with van der Waals surface area (Å²) in [5, 5.41) is 3.49. The highest BCUT2D eigenvalue weighted by Crippen LogP contribution is 2.28. The Kier molecular flexibility index (Phi) is 4.73. The van der Waals surface area contributed by atoms with Crippen LogP contribution in [0.1, 0.15) is 39.7 Å². The third-order valence-electron chi connectivity index (χ3n) is 3.56. The first-order valence-electron chi connectivity index (χ1n) is 7.68. The fourth-order valence-electron chi connectivity index (χ4n) is 2.82. The van der Waals surface area contributed by atoms with Crippen molar-refractivity contribution in [1.82, 2.24) is 0 Å². The number of nitrogens with one attached hydrogen (secondary N) is 1. The summed E-state index contributed by atoms with van der Waals surface area (Å²) in [6.45, 7) is 12.6. The predicted molar refractivity (Wildman–Crippen MR) is 85.1 cm³/mol. The van der Waals surface area contributed by atoms with Crippen LogP contribution in [0.3, 0.4) is 0 Å². The number of fused-ring (bicyclic) bond motifs is 1. The molecule has 2 nitrogen and oxygen atoms in total. The molecule has 106 valence electrons. The summed E-state index contributed by atoms with van der Waals surface area (Å²) in [6, 6.07) is 6.94. The predicted octanol–water partition coefficient (Wildman–Crippen LogP) is 4.16. The topological polar surface area (TPSA) is 15.3 Å². The number of nitrogens with zero attached hydrogens (tertiary/aromatic N) is 1. The minimum atomic E-state index is 0.702. The summed E-state index contributed by atoms with van der Waals surface area (Å²) in [4.78, 5) is 2.55. The summed E-state index contributed by atoms with van der Waals surface area (Å²) in [5.41, 5.74) is 4.22. The van der Waals surface area contributed by atoms with Crippen LogP contribution in [0.4, 0.5) is 11.4 Å². The number of rotatable bonds is 5. The molecule has 0 saturated heterocycles. The molecule has 0 radical (unpaired) electrons. The number of anilines is 2. The fraction of sp³-hybridized carbons (Fsp3) is 0.647. The van der Waals surface area contributed by atoms with E-state index in [2.05, 4.69) is 56.1 Å². The Balaban J connectivity index is 2.20. The molecule has 0 bridgehead atoms. The molecule has 0 atom stereocenters. The Morgan fingerprint density at radius 1 is 1.11 bits per heavy atom. The molecule has 0 amide bonds. The van der Waals surface area contributed by atoms with Gasteiger partial charge in [0.1, 0.15) is 0 Å². The molecular weight excluding hydrogens is 232 g/mol. The zero-order valence-electron chi connectivity index (χ0n) is 12.9. The maximum absolute atomic E-state index is 3.49. The van der Waals surface area contributed by atoms with E-state index >= 15 is 0 Å². The molecule has 1 heterocycles. The molecule has 2 heteroatoms. The standard InChI is InChI=1S/C17H28N2/c1-13(2)11-19(12-14(3)4)16-7-8-17-15(10-16)6-5-9-18-17/h7-8,10,13-14,18H,5-6,9,11-12H2,1-4H3. The maximum atomic E-state index is 3.49. The van der Waals surface area contributed by atoms with E-state index < -0.39 is 0 Å². The van der Waals surface area contributed by atoms with Crippen molar-refractivity contribution >= 4 is 11.4 Å². The largest absolute Gasteiger partial charge is 0.385 e. The van der Waals surface area contributed by atoms with Gasteiger partial charge in [0.2, 0.25) is 0 Å². The number of hydrogen-bond donors (Lipinski definition) is 1. The van der Waals surface area contributed by atoms with Crippen LogP contribution in [-0.2, 0) is 6.42 Å². The van der Waals surface area contributed by atoms with Crippen LogP contribution in [0.15, 0.2) is 18.2 Å². The Morgan fingerprint density at radius 2 is 1.79 bits per heavy atom. The molecule has 0 saturated carbocycles. The third kappa shape index (κ3) is 3.89. The molecule has 1 aromatic rings. The highest BCUT2D eigenvalue weighted by Gasteiger charge is 2.14. The average Bonchev–Trinajstić information content (AvgIpc) is 2.36. The van der Waals surface area contributed by atoms with Crippen molar-refractivity contribution in [3.05, 3.63) is 23.8 Å². The minimum Gasteiger partial charge on any atom is -0.385 e. The molecule has 0 fully saturated rings. The van der Waals surface area contributed by atoms with Crippen LogP contribution in [-0.4, -0.2) is 19.6 Å². The molecule has 2 rings (SSSR count). The van der Waals surface area contributed by atoms with Gasteiger partial charge in [-0.25, -0.2) is 0 Å². The van der Waals surface area contributed by atoms with Gasteiger partial charge in [0, 0.05) is 31.0 Å². The van der Waals surface area contributed by atoms with Crippen molar-refractivity contribution < 1.29 is 0 Å². The molecule has 0 aliphatic carbocycles. The lowest BCUT2D eigenvalue weighted by Crippen LogP contribution is -2.31. The normalized spacial score (nSPS) is 14.4. The lowest BCUT2D eigenvalue weighted by molar-refractivity contribution is 0.552. The van der Waals surface area contributed by atoms with Crippen LogP contribution >= 0.6 is 0 Å². The van der Waals surface area contributed by atoms with Crippen molar-refractivity contribution in [2.24, 2.45) is 11.8 Å². The van der Waals surface area contributed by atoms with Crippen LogP contribution in [0.2, 0.25) is 0 Å². The van der Waals surface area contributed by atoms with Crippen LogP contribution < -0.4 is 10.2 Å². The second-order valence-electron chi connectivity index (χ2n) is 6.56. The van der Waals surface area contributed by atoms with E-state index in [0.29, 0.717) is 11.8 Å². The summed E-state index contributed by atoms with van der Waals surface area (Å²) in [5.74, 6) is 1.40. The van der Waals surface area contributed by atoms with E-state index in [0.717, 1.165) is 19.6 Å². The monoisotopic (exact) mass is 260 g/mol. The molecule has 19 heavy (non-hydrogen) atoms. The molecule has 0 aromatic heterocycles. The maximum Gasteiger partial charge on any atom is 0.0374 e. The molecular formula is C17H28N2. The SMILES string of the molecule is CC(C)CN(CC(C)C)c1ccc2c(c1)CCCN2. The minimum absolute atomic E-state index is 0.702. The molecule has 0 unspecified atom stereocenters. The molecule has 1 N–H and O–H groups in total. The van der Waals surface area contributed by atoms with Gasteiger partial charge in [-0.2, -0.15) is 0 Å². The van der Waals surface area contributed by atoms with Gasteiger partial charge in [-0.1, -0.05) is 27.7 Å². The van der Waals surface area contributed by atoms with E-state index in [1.54, 1.807) is 0 Å². The molecule has 1 aliphatic rings. The van der Waals surface area contributed by atoms with E-state index in [-0.39, 0.29) is 0 Å². The van der Waals surface area contributed by atoms with E-state index in [1.807, 2.05) is 0 Å². The smallest absolute Gasteiger partial charge is 0.0374 e. The summed E-state index contributed by atoms with van der Waals surface area (Å²) in [7, 11) is 0. The first kappa shape index (κ1) is 14.2. The highest BCUT2D eigenvalue weighted by atomic mass is 15.1. The van der Waals surface area contributed by atoms with Crippen LogP contribution in [0, 0.1) is 11.8 Å². The number of hydrogen-bond acceptors (Lipinski definition) is 2. The van der Waals surface area contributed by atoms with Gasteiger partial charge in [0.15, 0.2) is 0 Å². The van der Waals surface area contributed by atoms with Gasteiger partial charge in [-0.3, -0.25) is 0 Å². The molecule has 0 spiro atoms. The lowest BCUT2D eigenvalue weighted by atomic mass is 10.0. The molecule has 1 aliphatic heterocycles. The van der Waals surface area contributed by atoms with Crippen molar-refractivity contribution in [3.8, 4) is 0 Å². The highest BCUT2D eigenvalue weighted by molar-refractivity contribution is 5.61. The van der Waals surface area contributed by atoms with E-state index in [9.17, 15) is 0 Å². The zero-order valence-corrected chi connectivity index (χ0v) is 12.9. The van der Waals surface area contributed by atoms with Crippen molar-refractivity contribution in [2.75, 3.05) is 29.9 Å². The van der Waals surface area contributed by atoms with E-state index in [4.69, 9.17) is 0 Å². The van der Waals surface area contributed by atoms with Crippen LogP contribution in [0.5, 0.6) is 0 Å². The quantitative estimate of drug-likeness (QED) is 0.855. The summed E-state index contributed by atoms with van der Waals surface area (Å²) >= 11 is 0. The first-order valence-corrected chi connectivity index (χ1v) is 7.68. The van der Waals surface area contributed by atoms with Gasteiger partial charge >= 0.3 is 0 Å². The van der Waals surface area contributed by atoms with Gasteiger partial charge in [-0.05, 0) is 48.4 Å². The van der Waals surface area contributed by atoms with Gasteiger partial charge in [0.25, 0.3) is 0 Å². The van der Waals surface area contributed by atoms with Crippen molar-refractivity contribution in [1.29, 1.82) is 0 Å². The first-order chi connectivity index (χ1) is 9.06. The third-order valence-corrected chi connectivity index (χ3v) is 3.56. The Morgan fingerprint density at radius 3 is 2.42 bits per heavy atom. The second kappa shape index (κ2) is 6.31. The zero-order chi connectivity index (χ0) is 13.8. The van der Waals surface area contributed by atoms with Gasteiger partial charge in [0.05, 0.1) is 0 Å². The molecule has 1 aromatic carbocycles. The average molecular weight is 260 g/mol. The fourth-order valence-corrected chi connectivity index (χ4v) is 2.82. The second-order valence-corrected chi connectivity index (χ2v) is 6.56. The Labute approximate surface area is 118 Å². The Bertz CT molecular complexity index is 400. The Hall–Kier alpha value is -1.18. The van der Waals surface area contributed by atoms with E-state index in [1.165, 1.54) is 29.8 Å². The van der Waals surface area contributed by atoms with Crippen molar-refractivity contribution in [2.45, 2.75) is 40.5 Å². The number of aryl methyl sites for hydroxylation is 1. The lowest BCUT2D eigenvalue weighted by Gasteiger charge is -2.30. The van der Waals surface area contributed by atoms with Gasteiger partial charge < -0.3 is 10.2 Å². The van der Waals surface area contributed by atoms with Crippen LogP contribution in [0.25, 0.3) is 0 Å². The summed E-state index contributed by atoms with van der Waals surface area (Å²) < 4.78 is 0. The summed E-state index contributed by atoms with van der Waals surface area (Å²) in [6.07, 6.45) is 2.47.